The average Bonchev–Trinajstić information content (AvgIpc) is 2.40. The number of ether oxygens (including phenoxy) is 1. The molecule has 0 atom stereocenters. The molecule has 0 N–H and O–H groups in total. The molecule has 1 fully saturated rings. The van der Waals surface area contributed by atoms with Gasteiger partial charge in [0.15, 0.2) is 0 Å². The summed E-state index contributed by atoms with van der Waals surface area (Å²) in [5.74, 6) is 4.60. The van der Waals surface area contributed by atoms with Crippen LogP contribution >= 0.6 is 23.5 Å². The Kier molecular flexibility index (Phi) is 6.83. The predicted octanol–water partition coefficient (Wildman–Crippen LogP) is 2.99. The van der Waals surface area contributed by atoms with Crippen molar-refractivity contribution in [1.29, 1.82) is 0 Å². The van der Waals surface area contributed by atoms with Crippen LogP contribution in [0.1, 0.15) is 0 Å². The third-order valence-electron chi connectivity index (χ3n) is 2.88. The van der Waals surface area contributed by atoms with Gasteiger partial charge >= 0.3 is 0 Å². The lowest BCUT2D eigenvalue weighted by Gasteiger charge is -2.25. The van der Waals surface area contributed by atoms with Gasteiger partial charge in [-0.05, 0) is 12.1 Å². The van der Waals surface area contributed by atoms with Crippen molar-refractivity contribution < 1.29 is 4.74 Å². The van der Waals surface area contributed by atoms with Crippen LogP contribution in [-0.4, -0.2) is 49.3 Å². The molecule has 4 heteroatoms. The lowest BCUT2D eigenvalue weighted by atomic mass is 10.3. The number of rotatable bonds is 1. The van der Waals surface area contributed by atoms with Crippen molar-refractivity contribution in [2.45, 2.75) is 0 Å². The second kappa shape index (κ2) is 8.73. The van der Waals surface area contributed by atoms with Crippen LogP contribution in [0.2, 0.25) is 0 Å². The Balaban J connectivity index is 1.89. The van der Waals surface area contributed by atoms with Gasteiger partial charge in [-0.3, -0.25) is 0 Å². The van der Waals surface area contributed by atoms with Gasteiger partial charge in [-0.1, -0.05) is 18.2 Å². The van der Waals surface area contributed by atoms with Gasteiger partial charge in [0, 0.05) is 41.8 Å². The highest BCUT2D eigenvalue weighted by atomic mass is 32.2. The van der Waals surface area contributed by atoms with Crippen LogP contribution in [0.15, 0.2) is 30.3 Å². The Labute approximate surface area is 118 Å². The molecule has 0 amide bonds. The molecule has 0 spiro atoms. The quantitative estimate of drug-likeness (QED) is 0.785. The van der Waals surface area contributed by atoms with Crippen LogP contribution in [0, 0.1) is 0 Å². The van der Waals surface area contributed by atoms with Gasteiger partial charge in [0.2, 0.25) is 0 Å². The first-order valence-corrected chi connectivity index (χ1v) is 8.81. The highest BCUT2D eigenvalue weighted by Crippen LogP contribution is 2.16. The van der Waals surface area contributed by atoms with E-state index in [1.54, 1.807) is 0 Å². The molecule has 1 aliphatic heterocycles. The molecule has 2 nitrogen and oxygen atoms in total. The number of para-hydroxylation sites is 1. The van der Waals surface area contributed by atoms with Gasteiger partial charge in [0.25, 0.3) is 0 Å². The lowest BCUT2D eigenvalue weighted by molar-refractivity contribution is 0.167. The monoisotopic (exact) mass is 283 g/mol. The molecular weight excluding hydrogens is 262 g/mol. The maximum atomic E-state index is 5.56. The van der Waals surface area contributed by atoms with Crippen LogP contribution in [0.4, 0.5) is 5.69 Å². The van der Waals surface area contributed by atoms with Crippen LogP contribution in [0.5, 0.6) is 0 Å². The van der Waals surface area contributed by atoms with Crippen molar-refractivity contribution in [2.75, 3.05) is 54.2 Å². The van der Waals surface area contributed by atoms with Crippen LogP contribution < -0.4 is 4.90 Å². The average molecular weight is 283 g/mol. The Morgan fingerprint density at radius 2 is 1.44 bits per heavy atom. The van der Waals surface area contributed by atoms with E-state index < -0.39 is 0 Å². The van der Waals surface area contributed by atoms with E-state index in [4.69, 9.17) is 4.74 Å². The summed E-state index contributed by atoms with van der Waals surface area (Å²) in [6.07, 6.45) is 0. The zero-order valence-electron chi connectivity index (χ0n) is 10.7. The van der Waals surface area contributed by atoms with Crippen molar-refractivity contribution in [3.63, 3.8) is 0 Å². The van der Waals surface area contributed by atoms with Crippen molar-refractivity contribution in [3.05, 3.63) is 30.3 Å². The smallest absolute Gasteiger partial charge is 0.0557 e. The summed E-state index contributed by atoms with van der Waals surface area (Å²) in [6.45, 7) is 4.07. The highest BCUT2D eigenvalue weighted by Gasteiger charge is 2.06. The second-order valence-electron chi connectivity index (χ2n) is 4.16. The minimum Gasteiger partial charge on any atom is -0.380 e. The van der Waals surface area contributed by atoms with Crippen LogP contribution in [0.25, 0.3) is 0 Å². The Morgan fingerprint density at radius 3 is 2.06 bits per heavy atom. The Bertz CT molecular complexity index is 309. The molecule has 100 valence electrons. The fourth-order valence-electron chi connectivity index (χ4n) is 1.90. The molecular formula is C14H21NOS2. The number of nitrogens with zero attached hydrogens (tertiary/aromatic N) is 1. The SMILES string of the molecule is c1ccc(N2CCSCCOCCSCC2)cc1. The number of anilines is 1. The van der Waals surface area contributed by atoms with E-state index in [0.717, 1.165) is 37.8 Å². The molecule has 1 heterocycles. The zero-order valence-corrected chi connectivity index (χ0v) is 12.3. The molecule has 1 aromatic carbocycles. The number of benzene rings is 1. The first-order chi connectivity index (χ1) is 8.97. The summed E-state index contributed by atoms with van der Waals surface area (Å²) < 4.78 is 5.56. The number of thioether (sulfide) groups is 2. The molecule has 0 radical (unpaired) electrons. The van der Waals surface area contributed by atoms with Crippen molar-refractivity contribution in [2.24, 2.45) is 0 Å². The minimum atomic E-state index is 0.899. The first-order valence-electron chi connectivity index (χ1n) is 6.50. The topological polar surface area (TPSA) is 12.5 Å². The molecule has 18 heavy (non-hydrogen) atoms. The minimum absolute atomic E-state index is 0.899. The summed E-state index contributed by atoms with van der Waals surface area (Å²) >= 11 is 3.99. The van der Waals surface area contributed by atoms with E-state index in [9.17, 15) is 0 Å². The maximum Gasteiger partial charge on any atom is 0.0557 e. The normalized spacial score (nSPS) is 19.9. The van der Waals surface area contributed by atoms with E-state index in [-0.39, 0.29) is 0 Å². The summed E-state index contributed by atoms with van der Waals surface area (Å²) in [6, 6.07) is 10.8. The zero-order chi connectivity index (χ0) is 12.5. The standard InChI is InChI=1S/C14H21NOS2/c1-2-4-14(5-3-1)15-6-10-17-12-8-16-9-13-18-11-7-15/h1-5H,6-13H2. The molecule has 0 aromatic heterocycles. The molecule has 0 unspecified atom stereocenters. The molecule has 0 aliphatic carbocycles. The van der Waals surface area contributed by atoms with E-state index in [0.29, 0.717) is 0 Å². The molecule has 1 saturated heterocycles. The van der Waals surface area contributed by atoms with Gasteiger partial charge in [0.05, 0.1) is 13.2 Å². The van der Waals surface area contributed by atoms with E-state index in [1.165, 1.54) is 17.2 Å². The van der Waals surface area contributed by atoms with Crippen molar-refractivity contribution >= 4 is 29.2 Å². The summed E-state index contributed by atoms with van der Waals surface area (Å²) in [4.78, 5) is 2.50. The molecule has 0 bridgehead atoms. The Hall–Kier alpha value is -0.320. The summed E-state index contributed by atoms with van der Waals surface area (Å²) in [5.41, 5.74) is 1.35. The Morgan fingerprint density at radius 1 is 0.833 bits per heavy atom. The fraction of sp³-hybridized carbons (Fsp3) is 0.571. The van der Waals surface area contributed by atoms with E-state index >= 15 is 0 Å². The summed E-state index contributed by atoms with van der Waals surface area (Å²) in [7, 11) is 0. The molecule has 0 saturated carbocycles. The number of hydrogen-bond acceptors (Lipinski definition) is 4. The molecule has 1 aliphatic rings. The maximum absolute atomic E-state index is 5.56. The van der Waals surface area contributed by atoms with Gasteiger partial charge < -0.3 is 9.64 Å². The fourth-order valence-corrected chi connectivity index (χ4v) is 3.48. The second-order valence-corrected chi connectivity index (χ2v) is 6.61. The lowest BCUT2D eigenvalue weighted by Crippen LogP contribution is -2.29. The number of hydrogen-bond donors (Lipinski definition) is 0. The van der Waals surface area contributed by atoms with Gasteiger partial charge in [-0.2, -0.15) is 23.5 Å². The molecule has 2 rings (SSSR count). The summed E-state index contributed by atoms with van der Waals surface area (Å²) in [5, 5.41) is 0. The predicted molar refractivity (Wildman–Crippen MR) is 84.1 cm³/mol. The largest absolute Gasteiger partial charge is 0.380 e. The highest BCUT2D eigenvalue weighted by molar-refractivity contribution is 7.99. The van der Waals surface area contributed by atoms with E-state index in [2.05, 4.69) is 35.2 Å². The van der Waals surface area contributed by atoms with Crippen LogP contribution in [-0.2, 0) is 4.74 Å². The van der Waals surface area contributed by atoms with Crippen molar-refractivity contribution in [3.8, 4) is 0 Å². The van der Waals surface area contributed by atoms with E-state index in [1.807, 2.05) is 23.5 Å². The third kappa shape index (κ3) is 5.12. The first kappa shape index (κ1) is 14.1. The van der Waals surface area contributed by atoms with Gasteiger partial charge in [-0.25, -0.2) is 0 Å². The van der Waals surface area contributed by atoms with Gasteiger partial charge in [0.1, 0.15) is 0 Å². The van der Waals surface area contributed by atoms with Gasteiger partial charge in [-0.15, -0.1) is 0 Å². The third-order valence-corrected chi connectivity index (χ3v) is 4.73. The van der Waals surface area contributed by atoms with Crippen LogP contribution in [0.3, 0.4) is 0 Å². The van der Waals surface area contributed by atoms with Crippen molar-refractivity contribution in [1.82, 2.24) is 0 Å². The molecule has 1 aromatic rings.